The molecule has 2 heterocycles. The Morgan fingerprint density at radius 1 is 1.36 bits per heavy atom. The molecule has 2 rings (SSSR count). The molecule has 1 aliphatic rings. The molecule has 1 aliphatic heterocycles. The molecule has 1 aromatic heterocycles. The highest BCUT2D eigenvalue weighted by Crippen LogP contribution is 2.20. The topological polar surface area (TPSA) is 47.0 Å². The Kier molecular flexibility index (Phi) is 2.93. The Morgan fingerprint density at radius 2 is 2.29 bits per heavy atom. The molecule has 0 bridgehead atoms. The molecule has 1 fully saturated rings. The van der Waals surface area contributed by atoms with E-state index in [1.54, 1.807) is 19.5 Å². The van der Waals surface area contributed by atoms with Gasteiger partial charge in [0, 0.05) is 0 Å². The van der Waals surface area contributed by atoms with Crippen LogP contribution in [0.3, 0.4) is 0 Å². The van der Waals surface area contributed by atoms with Crippen molar-refractivity contribution in [3.05, 3.63) is 18.1 Å². The quantitative estimate of drug-likeness (QED) is 0.769. The molecule has 4 heteroatoms. The molecular weight excluding hydrogens is 178 g/mol. The van der Waals surface area contributed by atoms with Crippen molar-refractivity contribution in [3.8, 4) is 5.88 Å². The molecule has 0 spiro atoms. The molecule has 4 nitrogen and oxygen atoms in total. The van der Waals surface area contributed by atoms with Crippen molar-refractivity contribution in [2.45, 2.75) is 25.3 Å². The standard InChI is InChI=1S/C10H15N3O/c1-14-10-7-12-9(6-13-10)8-4-2-3-5-11-8/h6-8,11H,2-5H2,1H3. The van der Waals surface area contributed by atoms with Gasteiger partial charge in [0.25, 0.3) is 0 Å². The third-order valence-electron chi connectivity index (χ3n) is 2.52. The first-order valence-corrected chi connectivity index (χ1v) is 4.99. The van der Waals surface area contributed by atoms with Crippen molar-refractivity contribution in [3.63, 3.8) is 0 Å². The molecule has 0 aliphatic carbocycles. The van der Waals surface area contributed by atoms with Gasteiger partial charge >= 0.3 is 0 Å². The first kappa shape index (κ1) is 9.40. The minimum Gasteiger partial charge on any atom is -0.480 e. The van der Waals surface area contributed by atoms with Gasteiger partial charge in [0.1, 0.15) is 0 Å². The maximum atomic E-state index is 4.96. The number of piperidine rings is 1. The van der Waals surface area contributed by atoms with Gasteiger partial charge in [0.05, 0.1) is 31.2 Å². The van der Waals surface area contributed by atoms with E-state index in [2.05, 4.69) is 15.3 Å². The number of aromatic nitrogens is 2. The van der Waals surface area contributed by atoms with Gasteiger partial charge in [0.15, 0.2) is 0 Å². The van der Waals surface area contributed by atoms with Crippen LogP contribution in [0.2, 0.25) is 0 Å². The van der Waals surface area contributed by atoms with E-state index in [-0.39, 0.29) is 0 Å². The molecule has 0 amide bonds. The average Bonchev–Trinajstić information content (AvgIpc) is 2.30. The summed E-state index contributed by atoms with van der Waals surface area (Å²) in [5.74, 6) is 0.574. The lowest BCUT2D eigenvalue weighted by Crippen LogP contribution is -2.27. The van der Waals surface area contributed by atoms with E-state index >= 15 is 0 Å². The molecule has 1 atom stereocenters. The highest BCUT2D eigenvalue weighted by Gasteiger charge is 2.15. The van der Waals surface area contributed by atoms with Crippen LogP contribution in [0.25, 0.3) is 0 Å². The third-order valence-corrected chi connectivity index (χ3v) is 2.52. The number of methoxy groups -OCH3 is 1. The molecule has 14 heavy (non-hydrogen) atoms. The van der Waals surface area contributed by atoms with E-state index in [0.29, 0.717) is 11.9 Å². The third kappa shape index (κ3) is 2.01. The fraction of sp³-hybridized carbons (Fsp3) is 0.600. The summed E-state index contributed by atoms with van der Waals surface area (Å²) < 4.78 is 4.96. The van der Waals surface area contributed by atoms with Gasteiger partial charge in [-0.3, -0.25) is 4.98 Å². The van der Waals surface area contributed by atoms with Crippen LogP contribution in [0.4, 0.5) is 0 Å². The Morgan fingerprint density at radius 3 is 2.86 bits per heavy atom. The van der Waals surface area contributed by atoms with Gasteiger partial charge in [-0.15, -0.1) is 0 Å². The summed E-state index contributed by atoms with van der Waals surface area (Å²) in [6.45, 7) is 1.08. The van der Waals surface area contributed by atoms with Crippen LogP contribution in [-0.2, 0) is 0 Å². The van der Waals surface area contributed by atoms with Crippen LogP contribution in [0.1, 0.15) is 31.0 Å². The van der Waals surface area contributed by atoms with Crippen molar-refractivity contribution < 1.29 is 4.74 Å². The minimum atomic E-state index is 0.377. The molecule has 0 aromatic carbocycles. The fourth-order valence-electron chi connectivity index (χ4n) is 1.72. The number of rotatable bonds is 2. The molecule has 1 unspecified atom stereocenters. The molecule has 1 saturated heterocycles. The number of nitrogens with zero attached hydrogens (tertiary/aromatic N) is 2. The fourth-order valence-corrected chi connectivity index (χ4v) is 1.72. The predicted octanol–water partition coefficient (Wildman–Crippen LogP) is 1.30. The van der Waals surface area contributed by atoms with E-state index in [1.165, 1.54) is 12.8 Å². The van der Waals surface area contributed by atoms with Gasteiger partial charge in [0.2, 0.25) is 5.88 Å². The highest BCUT2D eigenvalue weighted by atomic mass is 16.5. The van der Waals surface area contributed by atoms with Crippen molar-refractivity contribution in [2.75, 3.05) is 13.7 Å². The number of ether oxygens (including phenoxy) is 1. The van der Waals surface area contributed by atoms with Crippen LogP contribution in [0.15, 0.2) is 12.4 Å². The van der Waals surface area contributed by atoms with Crippen LogP contribution >= 0.6 is 0 Å². The van der Waals surface area contributed by atoms with Crippen LogP contribution in [-0.4, -0.2) is 23.6 Å². The predicted molar refractivity (Wildman–Crippen MR) is 53.2 cm³/mol. The second-order valence-corrected chi connectivity index (χ2v) is 3.49. The second-order valence-electron chi connectivity index (χ2n) is 3.49. The summed E-state index contributed by atoms with van der Waals surface area (Å²) in [7, 11) is 1.60. The smallest absolute Gasteiger partial charge is 0.231 e. The molecule has 0 radical (unpaired) electrons. The zero-order valence-electron chi connectivity index (χ0n) is 8.36. The maximum Gasteiger partial charge on any atom is 0.231 e. The first-order valence-electron chi connectivity index (χ1n) is 4.99. The summed E-state index contributed by atoms with van der Waals surface area (Å²) in [5.41, 5.74) is 1.02. The molecule has 0 saturated carbocycles. The van der Waals surface area contributed by atoms with E-state index in [9.17, 15) is 0 Å². The maximum absolute atomic E-state index is 4.96. The summed E-state index contributed by atoms with van der Waals surface area (Å²) in [6.07, 6.45) is 7.15. The molecular formula is C10H15N3O. The zero-order chi connectivity index (χ0) is 9.80. The molecule has 1 aromatic rings. The van der Waals surface area contributed by atoms with Gasteiger partial charge in [-0.2, -0.15) is 0 Å². The lowest BCUT2D eigenvalue weighted by Gasteiger charge is -2.22. The van der Waals surface area contributed by atoms with Crippen LogP contribution in [0.5, 0.6) is 5.88 Å². The highest BCUT2D eigenvalue weighted by molar-refractivity contribution is 5.10. The van der Waals surface area contributed by atoms with Crippen LogP contribution < -0.4 is 10.1 Å². The Labute approximate surface area is 83.7 Å². The Hall–Kier alpha value is -1.16. The zero-order valence-corrected chi connectivity index (χ0v) is 8.36. The van der Waals surface area contributed by atoms with E-state index in [0.717, 1.165) is 18.7 Å². The lowest BCUT2D eigenvalue weighted by molar-refractivity contribution is 0.385. The lowest BCUT2D eigenvalue weighted by atomic mass is 10.0. The number of nitrogens with one attached hydrogen (secondary N) is 1. The average molecular weight is 193 g/mol. The minimum absolute atomic E-state index is 0.377. The van der Waals surface area contributed by atoms with Crippen LogP contribution in [0, 0.1) is 0 Å². The number of hydrogen-bond donors (Lipinski definition) is 1. The SMILES string of the molecule is COc1cnc(C2CCCCN2)cn1. The van der Waals surface area contributed by atoms with Crippen molar-refractivity contribution in [1.29, 1.82) is 0 Å². The van der Waals surface area contributed by atoms with Crippen molar-refractivity contribution >= 4 is 0 Å². The first-order chi connectivity index (χ1) is 6.90. The normalized spacial score (nSPS) is 21.9. The van der Waals surface area contributed by atoms with Gasteiger partial charge < -0.3 is 10.1 Å². The Bertz CT molecular complexity index is 280. The van der Waals surface area contributed by atoms with Crippen molar-refractivity contribution in [2.24, 2.45) is 0 Å². The van der Waals surface area contributed by atoms with E-state index in [1.807, 2.05) is 0 Å². The van der Waals surface area contributed by atoms with E-state index in [4.69, 9.17) is 4.74 Å². The van der Waals surface area contributed by atoms with Crippen molar-refractivity contribution in [1.82, 2.24) is 15.3 Å². The van der Waals surface area contributed by atoms with Gasteiger partial charge in [-0.05, 0) is 19.4 Å². The van der Waals surface area contributed by atoms with Gasteiger partial charge in [-0.1, -0.05) is 6.42 Å². The van der Waals surface area contributed by atoms with E-state index < -0.39 is 0 Å². The Balaban J connectivity index is 2.07. The monoisotopic (exact) mass is 193 g/mol. The summed E-state index contributed by atoms with van der Waals surface area (Å²) >= 11 is 0. The molecule has 1 N–H and O–H groups in total. The molecule has 76 valence electrons. The summed E-state index contributed by atoms with van der Waals surface area (Å²) in [4.78, 5) is 8.47. The largest absolute Gasteiger partial charge is 0.480 e. The second kappa shape index (κ2) is 4.37. The summed E-state index contributed by atoms with van der Waals surface area (Å²) in [5, 5.41) is 3.43. The van der Waals surface area contributed by atoms with Gasteiger partial charge in [-0.25, -0.2) is 4.98 Å². The summed E-state index contributed by atoms with van der Waals surface area (Å²) in [6, 6.07) is 0.377. The number of hydrogen-bond acceptors (Lipinski definition) is 4.